The number of carbonyl (C=O) groups excluding carboxylic acids is 1. The predicted molar refractivity (Wildman–Crippen MR) is 70.4 cm³/mol. The first kappa shape index (κ1) is 12.9. The van der Waals surface area contributed by atoms with Gasteiger partial charge in [0.15, 0.2) is 5.82 Å². The normalized spacial score (nSPS) is 12.1. The highest BCUT2D eigenvalue weighted by molar-refractivity contribution is 5.91. The number of amides is 1. The Hall–Kier alpha value is -2.57. The van der Waals surface area contributed by atoms with Crippen molar-refractivity contribution in [2.75, 3.05) is 11.1 Å². The zero-order valence-corrected chi connectivity index (χ0v) is 10.7. The molecule has 1 unspecified atom stereocenters. The molecule has 0 saturated carbocycles. The minimum atomic E-state index is -0.609. The number of carbonyl (C=O) groups is 1. The minimum absolute atomic E-state index is 0.146. The van der Waals surface area contributed by atoms with Gasteiger partial charge in [0.1, 0.15) is 17.5 Å². The van der Waals surface area contributed by atoms with E-state index in [2.05, 4.69) is 15.3 Å². The molecule has 0 spiro atoms. The van der Waals surface area contributed by atoms with Crippen molar-refractivity contribution in [1.82, 2.24) is 9.97 Å². The van der Waals surface area contributed by atoms with Gasteiger partial charge in [-0.3, -0.25) is 4.79 Å². The molecular formula is C12H15N5O2. The molecule has 2 rings (SSSR count). The number of nitrogens with two attached hydrogens (primary N) is 2. The number of nitrogens with zero attached hydrogens (tertiary/aromatic N) is 2. The quantitative estimate of drug-likeness (QED) is 0.761. The second-order valence-corrected chi connectivity index (χ2v) is 4.17. The molecule has 0 saturated heterocycles. The second-order valence-electron chi connectivity index (χ2n) is 4.17. The fraction of sp³-hybridized carbons (Fsp3) is 0.250. The molecule has 7 nitrogen and oxygen atoms in total. The molecule has 1 atom stereocenters. The van der Waals surface area contributed by atoms with E-state index in [0.717, 1.165) is 5.76 Å². The summed E-state index contributed by atoms with van der Waals surface area (Å²) in [5, 5.41) is 3.03. The molecule has 100 valence electrons. The van der Waals surface area contributed by atoms with Crippen LogP contribution in [0.4, 0.5) is 11.5 Å². The van der Waals surface area contributed by atoms with Gasteiger partial charge in [0.05, 0.1) is 11.9 Å². The Kier molecular flexibility index (Phi) is 3.37. The summed E-state index contributed by atoms with van der Waals surface area (Å²) in [6.07, 6.45) is 1.63. The van der Waals surface area contributed by atoms with E-state index in [1.807, 2.05) is 13.8 Å². The van der Waals surface area contributed by atoms with Crippen LogP contribution in [0.15, 0.2) is 22.7 Å². The summed E-state index contributed by atoms with van der Waals surface area (Å²) in [5.41, 5.74) is 11.5. The first-order valence-electron chi connectivity index (χ1n) is 5.72. The third-order valence-electron chi connectivity index (χ3n) is 2.54. The Bertz CT molecular complexity index is 608. The summed E-state index contributed by atoms with van der Waals surface area (Å²) in [5.74, 6) is 1.00. The van der Waals surface area contributed by atoms with E-state index in [-0.39, 0.29) is 11.7 Å². The maximum Gasteiger partial charge on any atom is 0.267 e. The van der Waals surface area contributed by atoms with E-state index in [1.54, 1.807) is 12.3 Å². The molecule has 19 heavy (non-hydrogen) atoms. The lowest BCUT2D eigenvalue weighted by Crippen LogP contribution is -2.16. The van der Waals surface area contributed by atoms with Crippen LogP contribution in [-0.2, 0) is 0 Å². The van der Waals surface area contributed by atoms with Crippen molar-refractivity contribution in [2.24, 2.45) is 5.73 Å². The summed E-state index contributed by atoms with van der Waals surface area (Å²) in [6.45, 7) is 3.66. The van der Waals surface area contributed by atoms with Gasteiger partial charge in [0, 0.05) is 0 Å². The van der Waals surface area contributed by atoms with Gasteiger partial charge in [-0.2, -0.15) is 0 Å². The molecule has 5 N–H and O–H groups in total. The van der Waals surface area contributed by atoms with Gasteiger partial charge < -0.3 is 21.2 Å². The monoisotopic (exact) mass is 261 g/mol. The Morgan fingerprint density at radius 3 is 2.79 bits per heavy atom. The van der Waals surface area contributed by atoms with Crippen LogP contribution in [-0.4, -0.2) is 15.9 Å². The summed E-state index contributed by atoms with van der Waals surface area (Å²) in [4.78, 5) is 19.3. The summed E-state index contributed by atoms with van der Waals surface area (Å²) >= 11 is 0. The largest absolute Gasteiger partial charge is 0.444 e. The Morgan fingerprint density at radius 2 is 2.21 bits per heavy atom. The zero-order valence-electron chi connectivity index (χ0n) is 10.7. The van der Waals surface area contributed by atoms with Gasteiger partial charge in [-0.25, -0.2) is 9.97 Å². The zero-order chi connectivity index (χ0) is 14.0. The summed E-state index contributed by atoms with van der Waals surface area (Å²) in [6, 6.07) is 2.82. The fourth-order valence-corrected chi connectivity index (χ4v) is 1.56. The molecule has 1 amide bonds. The van der Waals surface area contributed by atoms with Crippen molar-refractivity contribution in [3.8, 4) is 0 Å². The molecular weight excluding hydrogens is 246 g/mol. The van der Waals surface area contributed by atoms with Gasteiger partial charge in [-0.1, -0.05) is 0 Å². The van der Waals surface area contributed by atoms with Crippen molar-refractivity contribution in [2.45, 2.75) is 19.9 Å². The number of anilines is 2. The topological polar surface area (TPSA) is 120 Å². The van der Waals surface area contributed by atoms with Crippen molar-refractivity contribution in [3.63, 3.8) is 0 Å². The molecule has 0 aliphatic rings. The maximum absolute atomic E-state index is 11.1. The number of oxazole rings is 1. The van der Waals surface area contributed by atoms with Gasteiger partial charge in [-0.15, -0.1) is 0 Å². The molecule has 2 heterocycles. The highest BCUT2D eigenvalue weighted by Crippen LogP contribution is 2.22. The average molecular weight is 261 g/mol. The molecule has 2 aromatic heterocycles. The van der Waals surface area contributed by atoms with Crippen LogP contribution in [0.1, 0.15) is 35.1 Å². The molecule has 2 aromatic rings. The van der Waals surface area contributed by atoms with Crippen LogP contribution in [0, 0.1) is 6.92 Å². The van der Waals surface area contributed by atoms with Crippen LogP contribution in [0.5, 0.6) is 0 Å². The van der Waals surface area contributed by atoms with Crippen LogP contribution in [0.25, 0.3) is 0 Å². The van der Waals surface area contributed by atoms with Gasteiger partial charge >= 0.3 is 0 Å². The highest BCUT2D eigenvalue weighted by atomic mass is 16.4. The van der Waals surface area contributed by atoms with E-state index < -0.39 is 5.91 Å². The second kappa shape index (κ2) is 4.97. The minimum Gasteiger partial charge on any atom is -0.444 e. The predicted octanol–water partition coefficient (Wildman–Crippen LogP) is 1.23. The maximum atomic E-state index is 11.1. The first-order chi connectivity index (χ1) is 8.97. The van der Waals surface area contributed by atoms with Gasteiger partial charge in [0.2, 0.25) is 5.89 Å². The van der Waals surface area contributed by atoms with Gasteiger partial charge in [0.25, 0.3) is 5.91 Å². The Labute approximate surface area is 110 Å². The number of hydrogen-bond donors (Lipinski definition) is 3. The van der Waals surface area contributed by atoms with E-state index in [9.17, 15) is 4.79 Å². The van der Waals surface area contributed by atoms with Crippen molar-refractivity contribution >= 4 is 17.4 Å². The fourth-order valence-electron chi connectivity index (χ4n) is 1.56. The van der Waals surface area contributed by atoms with Gasteiger partial charge in [-0.05, 0) is 26.0 Å². The lowest BCUT2D eigenvalue weighted by atomic mass is 10.2. The van der Waals surface area contributed by atoms with Crippen molar-refractivity contribution < 1.29 is 9.21 Å². The average Bonchev–Trinajstić information content (AvgIpc) is 2.78. The standard InChI is InChI=1S/C12H15N5O2/c1-6-5-15-12(19-6)7(2)16-11-8(13)3-4-9(17-11)10(14)18/h3-5,7H,13H2,1-2H3,(H2,14,18)(H,16,17). The number of hydrogen-bond acceptors (Lipinski definition) is 6. The van der Waals surface area contributed by atoms with E-state index >= 15 is 0 Å². The van der Waals surface area contributed by atoms with E-state index in [4.69, 9.17) is 15.9 Å². The first-order valence-corrected chi connectivity index (χ1v) is 5.72. The van der Waals surface area contributed by atoms with Crippen LogP contribution >= 0.6 is 0 Å². The third kappa shape index (κ3) is 2.82. The van der Waals surface area contributed by atoms with Crippen LogP contribution in [0.3, 0.4) is 0 Å². The SMILES string of the molecule is Cc1cnc(C(C)Nc2nc(C(N)=O)ccc2N)o1. The molecule has 0 radical (unpaired) electrons. The number of aromatic nitrogens is 2. The molecule has 7 heteroatoms. The number of primary amides is 1. The lowest BCUT2D eigenvalue weighted by Gasteiger charge is -2.13. The lowest BCUT2D eigenvalue weighted by molar-refractivity contribution is 0.0995. The van der Waals surface area contributed by atoms with Crippen LogP contribution < -0.4 is 16.8 Å². The van der Waals surface area contributed by atoms with Crippen molar-refractivity contribution in [1.29, 1.82) is 0 Å². The number of rotatable bonds is 4. The number of pyridine rings is 1. The molecule has 0 bridgehead atoms. The van der Waals surface area contributed by atoms with Crippen LogP contribution in [0.2, 0.25) is 0 Å². The molecule has 0 aromatic carbocycles. The molecule has 0 aliphatic carbocycles. The molecule has 0 fully saturated rings. The Balaban J connectivity index is 2.22. The third-order valence-corrected chi connectivity index (χ3v) is 2.54. The highest BCUT2D eigenvalue weighted by Gasteiger charge is 2.14. The van der Waals surface area contributed by atoms with E-state index in [1.165, 1.54) is 6.07 Å². The summed E-state index contributed by atoms with van der Waals surface area (Å²) in [7, 11) is 0. The number of nitrogen functional groups attached to an aromatic ring is 1. The Morgan fingerprint density at radius 1 is 1.47 bits per heavy atom. The number of nitrogens with one attached hydrogen (secondary N) is 1. The number of aryl methyl sites for hydroxylation is 1. The summed E-state index contributed by atoms with van der Waals surface area (Å²) < 4.78 is 5.40. The van der Waals surface area contributed by atoms with Crippen molar-refractivity contribution in [3.05, 3.63) is 35.7 Å². The van der Waals surface area contributed by atoms with E-state index in [0.29, 0.717) is 17.4 Å². The molecule has 0 aliphatic heterocycles. The smallest absolute Gasteiger partial charge is 0.267 e.